The van der Waals surface area contributed by atoms with Crippen LogP contribution in [-0.2, 0) is 4.79 Å². The molecule has 1 heterocycles. The minimum Gasteiger partial charge on any atom is -0.368 e. The number of pyridine rings is 1. The van der Waals surface area contributed by atoms with Crippen molar-refractivity contribution in [3.63, 3.8) is 0 Å². The Morgan fingerprint density at radius 2 is 2.31 bits per heavy atom. The summed E-state index contributed by atoms with van der Waals surface area (Å²) in [6.07, 6.45) is 3.21. The maximum Gasteiger partial charge on any atom is 0.237 e. The summed E-state index contributed by atoms with van der Waals surface area (Å²) in [5, 5.41) is 0.986. The molecule has 0 aliphatic carbocycles. The monoisotopic (exact) mass is 239 g/mol. The van der Waals surface area contributed by atoms with Crippen molar-refractivity contribution in [2.24, 2.45) is 11.5 Å². The molecule has 0 radical (unpaired) electrons. The van der Waals surface area contributed by atoms with Crippen LogP contribution < -0.4 is 11.5 Å². The van der Waals surface area contributed by atoms with E-state index in [1.54, 1.807) is 24.9 Å². The van der Waals surface area contributed by atoms with Crippen LogP contribution in [0.25, 0.3) is 0 Å². The Balaban J connectivity index is 2.25. The summed E-state index contributed by atoms with van der Waals surface area (Å²) >= 11 is 1.65. The molecule has 88 valence electrons. The van der Waals surface area contributed by atoms with Crippen molar-refractivity contribution >= 4 is 17.7 Å². The van der Waals surface area contributed by atoms with Crippen LogP contribution in [0.1, 0.15) is 19.8 Å². The molecule has 1 aromatic heterocycles. The summed E-state index contributed by atoms with van der Waals surface area (Å²) in [6.45, 7) is 1.67. The van der Waals surface area contributed by atoms with Gasteiger partial charge in [-0.05, 0) is 37.7 Å². The Morgan fingerprint density at radius 1 is 1.56 bits per heavy atom. The third-order valence-corrected chi connectivity index (χ3v) is 3.32. The molecule has 0 aliphatic heterocycles. The summed E-state index contributed by atoms with van der Waals surface area (Å²) in [4.78, 5) is 15.2. The summed E-state index contributed by atoms with van der Waals surface area (Å²) < 4.78 is 0. The largest absolute Gasteiger partial charge is 0.368 e. The van der Waals surface area contributed by atoms with E-state index < -0.39 is 11.4 Å². The van der Waals surface area contributed by atoms with Crippen LogP contribution in [0.2, 0.25) is 0 Å². The van der Waals surface area contributed by atoms with Crippen molar-refractivity contribution in [1.29, 1.82) is 0 Å². The second-order valence-electron chi connectivity index (χ2n) is 3.90. The number of carbonyl (C=O) groups is 1. The summed E-state index contributed by atoms with van der Waals surface area (Å²) in [7, 11) is 0. The molecule has 0 spiro atoms. The first-order valence-corrected chi connectivity index (χ1v) is 6.13. The predicted octanol–water partition coefficient (Wildman–Crippen LogP) is 1.16. The Labute approximate surface area is 99.8 Å². The molecular formula is C11H17N3OS. The van der Waals surface area contributed by atoms with Gasteiger partial charge in [0.1, 0.15) is 0 Å². The number of nitrogens with zero attached hydrogens (tertiary/aromatic N) is 1. The molecule has 1 atom stereocenters. The van der Waals surface area contributed by atoms with Gasteiger partial charge in [-0.25, -0.2) is 4.98 Å². The zero-order valence-corrected chi connectivity index (χ0v) is 10.2. The Bertz CT molecular complexity index is 340. The van der Waals surface area contributed by atoms with Gasteiger partial charge in [-0.3, -0.25) is 4.79 Å². The van der Waals surface area contributed by atoms with Gasteiger partial charge in [-0.15, -0.1) is 11.8 Å². The Morgan fingerprint density at radius 3 is 2.88 bits per heavy atom. The number of primary amides is 1. The quantitative estimate of drug-likeness (QED) is 0.576. The van der Waals surface area contributed by atoms with Crippen molar-refractivity contribution in [3.05, 3.63) is 24.4 Å². The normalized spacial score (nSPS) is 14.4. The average Bonchev–Trinajstić information content (AvgIpc) is 2.26. The molecule has 4 nitrogen and oxygen atoms in total. The SMILES string of the molecule is CC(N)(CCCSc1ccccn1)C(N)=O. The number of hydrogen-bond acceptors (Lipinski definition) is 4. The fourth-order valence-electron chi connectivity index (χ4n) is 1.17. The summed E-state index contributed by atoms with van der Waals surface area (Å²) in [5.41, 5.74) is 10.0. The molecule has 0 bridgehead atoms. The minimum absolute atomic E-state index is 0.449. The minimum atomic E-state index is -0.898. The molecule has 16 heavy (non-hydrogen) atoms. The van der Waals surface area contributed by atoms with Crippen LogP contribution in [0, 0.1) is 0 Å². The predicted molar refractivity (Wildman–Crippen MR) is 66.0 cm³/mol. The van der Waals surface area contributed by atoms with E-state index in [-0.39, 0.29) is 0 Å². The van der Waals surface area contributed by atoms with Gasteiger partial charge in [0.15, 0.2) is 0 Å². The third-order valence-electron chi connectivity index (χ3n) is 2.29. The lowest BCUT2D eigenvalue weighted by atomic mass is 9.97. The molecule has 0 saturated heterocycles. The lowest BCUT2D eigenvalue weighted by Gasteiger charge is -2.19. The average molecular weight is 239 g/mol. The molecule has 1 rings (SSSR count). The maximum atomic E-state index is 11.0. The smallest absolute Gasteiger partial charge is 0.237 e. The van der Waals surface area contributed by atoms with Gasteiger partial charge in [0.05, 0.1) is 10.6 Å². The van der Waals surface area contributed by atoms with Crippen LogP contribution in [0.3, 0.4) is 0 Å². The van der Waals surface area contributed by atoms with Gasteiger partial charge in [-0.1, -0.05) is 6.07 Å². The highest BCUT2D eigenvalue weighted by atomic mass is 32.2. The summed E-state index contributed by atoms with van der Waals surface area (Å²) in [6, 6.07) is 5.79. The second kappa shape index (κ2) is 5.86. The molecule has 5 heteroatoms. The number of nitrogens with two attached hydrogens (primary N) is 2. The number of carbonyl (C=O) groups excluding carboxylic acids is 1. The molecule has 0 aromatic carbocycles. The number of aromatic nitrogens is 1. The van der Waals surface area contributed by atoms with Crippen LogP contribution >= 0.6 is 11.8 Å². The van der Waals surface area contributed by atoms with Crippen molar-refractivity contribution in [3.8, 4) is 0 Å². The standard InChI is InChI=1S/C11H17N3OS/c1-11(13,10(12)15)6-4-8-16-9-5-2-3-7-14-9/h2-3,5,7H,4,6,8,13H2,1H3,(H2,12,15). The van der Waals surface area contributed by atoms with Gasteiger partial charge in [0, 0.05) is 6.20 Å². The fraction of sp³-hybridized carbons (Fsp3) is 0.455. The van der Waals surface area contributed by atoms with E-state index >= 15 is 0 Å². The third kappa shape index (κ3) is 4.20. The number of amides is 1. The van der Waals surface area contributed by atoms with E-state index in [0.717, 1.165) is 17.2 Å². The zero-order valence-electron chi connectivity index (χ0n) is 9.35. The number of thioether (sulfide) groups is 1. The maximum absolute atomic E-state index is 11.0. The molecule has 4 N–H and O–H groups in total. The van der Waals surface area contributed by atoms with Crippen molar-refractivity contribution in [2.75, 3.05) is 5.75 Å². The van der Waals surface area contributed by atoms with E-state index in [0.29, 0.717) is 6.42 Å². The van der Waals surface area contributed by atoms with E-state index in [2.05, 4.69) is 4.98 Å². The first kappa shape index (κ1) is 13.0. The van der Waals surface area contributed by atoms with Crippen LogP contribution in [0.15, 0.2) is 29.4 Å². The van der Waals surface area contributed by atoms with Crippen LogP contribution in [0.4, 0.5) is 0 Å². The van der Waals surface area contributed by atoms with Crippen molar-refractivity contribution < 1.29 is 4.79 Å². The van der Waals surface area contributed by atoms with Gasteiger partial charge >= 0.3 is 0 Å². The van der Waals surface area contributed by atoms with Gasteiger partial charge in [0.2, 0.25) is 5.91 Å². The Hall–Kier alpha value is -1.07. The zero-order chi connectivity index (χ0) is 12.0. The first-order valence-electron chi connectivity index (χ1n) is 5.15. The molecule has 0 saturated carbocycles. The molecule has 0 fully saturated rings. The lowest BCUT2D eigenvalue weighted by Crippen LogP contribution is -2.49. The lowest BCUT2D eigenvalue weighted by molar-refractivity contribution is -0.122. The highest BCUT2D eigenvalue weighted by molar-refractivity contribution is 7.99. The van der Waals surface area contributed by atoms with E-state index in [1.165, 1.54) is 0 Å². The molecular weight excluding hydrogens is 222 g/mol. The van der Waals surface area contributed by atoms with Crippen molar-refractivity contribution in [1.82, 2.24) is 4.98 Å². The molecule has 0 aliphatic rings. The highest BCUT2D eigenvalue weighted by Crippen LogP contribution is 2.18. The fourth-order valence-corrected chi connectivity index (χ4v) is 1.98. The highest BCUT2D eigenvalue weighted by Gasteiger charge is 2.24. The topological polar surface area (TPSA) is 82.0 Å². The summed E-state index contributed by atoms with van der Waals surface area (Å²) in [5.74, 6) is 0.437. The van der Waals surface area contributed by atoms with Crippen molar-refractivity contribution in [2.45, 2.75) is 30.3 Å². The van der Waals surface area contributed by atoms with Gasteiger partial charge < -0.3 is 11.5 Å². The van der Waals surface area contributed by atoms with E-state index in [9.17, 15) is 4.79 Å². The van der Waals surface area contributed by atoms with E-state index in [1.807, 2.05) is 18.2 Å². The first-order chi connectivity index (χ1) is 7.52. The van der Waals surface area contributed by atoms with Gasteiger partial charge in [0.25, 0.3) is 0 Å². The van der Waals surface area contributed by atoms with E-state index in [4.69, 9.17) is 11.5 Å². The van der Waals surface area contributed by atoms with Crippen LogP contribution in [0.5, 0.6) is 0 Å². The molecule has 1 aromatic rings. The number of rotatable bonds is 6. The number of hydrogen-bond donors (Lipinski definition) is 2. The Kier molecular flexibility index (Phi) is 4.76. The molecule has 1 amide bonds. The molecule has 1 unspecified atom stereocenters. The second-order valence-corrected chi connectivity index (χ2v) is 5.02. The van der Waals surface area contributed by atoms with Gasteiger partial charge in [-0.2, -0.15) is 0 Å². The van der Waals surface area contributed by atoms with Crippen LogP contribution in [-0.4, -0.2) is 22.2 Å².